The molecule has 1 aromatic carbocycles. The molecule has 1 aliphatic rings. The maximum atomic E-state index is 9.09. The minimum Gasteiger partial charge on any atom is -0.493 e. The number of aliphatic hydroxyl groups is 1. The first kappa shape index (κ1) is 15.8. The van der Waals surface area contributed by atoms with Gasteiger partial charge in [-0.15, -0.1) is 0 Å². The molecule has 0 unspecified atom stereocenters. The summed E-state index contributed by atoms with van der Waals surface area (Å²) in [6.07, 6.45) is 4.66. The molecule has 1 saturated heterocycles. The summed E-state index contributed by atoms with van der Waals surface area (Å²) in [6, 6.07) is 3.83. The third-order valence-electron chi connectivity index (χ3n) is 4.57. The van der Waals surface area contributed by atoms with Crippen molar-refractivity contribution in [3.05, 3.63) is 18.5 Å². The number of anilines is 1. The van der Waals surface area contributed by atoms with E-state index in [1.54, 1.807) is 20.5 Å². The van der Waals surface area contributed by atoms with Gasteiger partial charge in [-0.2, -0.15) is 0 Å². The van der Waals surface area contributed by atoms with Crippen LogP contribution in [0.3, 0.4) is 0 Å². The maximum Gasteiger partial charge on any atom is 0.162 e. The predicted molar refractivity (Wildman–Crippen MR) is 89.3 cm³/mol. The Morgan fingerprint density at radius 1 is 1.13 bits per heavy atom. The topological polar surface area (TPSA) is 67.7 Å². The van der Waals surface area contributed by atoms with Crippen molar-refractivity contribution < 1.29 is 14.6 Å². The molecule has 0 bridgehead atoms. The summed E-state index contributed by atoms with van der Waals surface area (Å²) in [5.74, 6) is 2.91. The molecule has 3 rings (SSSR count). The maximum absolute atomic E-state index is 9.09. The highest BCUT2D eigenvalue weighted by atomic mass is 16.5. The lowest BCUT2D eigenvalue weighted by Crippen LogP contribution is -2.34. The molecule has 0 atom stereocenters. The molecule has 1 aliphatic heterocycles. The van der Waals surface area contributed by atoms with Crippen LogP contribution in [0.15, 0.2) is 18.5 Å². The predicted octanol–water partition coefficient (Wildman–Crippen LogP) is 2.25. The minimum atomic E-state index is 0.276. The molecule has 23 heavy (non-hydrogen) atoms. The van der Waals surface area contributed by atoms with Crippen LogP contribution in [0.25, 0.3) is 10.9 Å². The highest BCUT2D eigenvalue weighted by Gasteiger charge is 2.22. The van der Waals surface area contributed by atoms with Crippen molar-refractivity contribution in [2.45, 2.75) is 19.3 Å². The van der Waals surface area contributed by atoms with Crippen LogP contribution in [0.4, 0.5) is 5.82 Å². The standard InChI is InChI=1S/C17H23N3O3/c1-22-15-9-13-14(10-16(15)23-2)18-11-19-17(13)20-6-3-12(4-7-20)5-8-21/h9-12,21H,3-8H2,1-2H3. The fraction of sp³-hybridized carbons (Fsp3) is 0.529. The lowest BCUT2D eigenvalue weighted by Gasteiger charge is -2.33. The second-order valence-electron chi connectivity index (χ2n) is 5.86. The molecule has 2 heterocycles. The number of piperidine rings is 1. The third-order valence-corrected chi connectivity index (χ3v) is 4.57. The van der Waals surface area contributed by atoms with Gasteiger partial charge in [-0.05, 0) is 31.2 Å². The third kappa shape index (κ3) is 3.17. The lowest BCUT2D eigenvalue weighted by atomic mass is 9.94. The van der Waals surface area contributed by atoms with Crippen LogP contribution in [-0.2, 0) is 0 Å². The molecule has 124 valence electrons. The number of methoxy groups -OCH3 is 2. The van der Waals surface area contributed by atoms with E-state index in [1.165, 1.54) is 0 Å². The Morgan fingerprint density at radius 3 is 2.48 bits per heavy atom. The largest absolute Gasteiger partial charge is 0.493 e. The van der Waals surface area contributed by atoms with E-state index in [2.05, 4.69) is 14.9 Å². The molecule has 2 aromatic rings. The minimum absolute atomic E-state index is 0.276. The first-order valence-corrected chi connectivity index (χ1v) is 7.99. The highest BCUT2D eigenvalue weighted by Crippen LogP contribution is 2.35. The Balaban J connectivity index is 1.92. The van der Waals surface area contributed by atoms with E-state index in [0.29, 0.717) is 17.4 Å². The van der Waals surface area contributed by atoms with E-state index in [9.17, 15) is 0 Å². The van der Waals surface area contributed by atoms with Gasteiger partial charge in [0.25, 0.3) is 0 Å². The van der Waals surface area contributed by atoms with Gasteiger partial charge in [-0.1, -0.05) is 0 Å². The van der Waals surface area contributed by atoms with Crippen LogP contribution < -0.4 is 14.4 Å². The number of benzene rings is 1. The van der Waals surface area contributed by atoms with E-state index >= 15 is 0 Å². The highest BCUT2D eigenvalue weighted by molar-refractivity contribution is 5.92. The number of aromatic nitrogens is 2. The first-order chi connectivity index (χ1) is 11.3. The number of fused-ring (bicyclic) bond motifs is 1. The van der Waals surface area contributed by atoms with E-state index in [-0.39, 0.29) is 6.61 Å². The fourth-order valence-electron chi connectivity index (χ4n) is 3.24. The van der Waals surface area contributed by atoms with Crippen molar-refractivity contribution >= 4 is 16.7 Å². The SMILES string of the molecule is COc1cc2ncnc(N3CCC(CCO)CC3)c2cc1OC. The Hall–Kier alpha value is -2.08. The van der Waals surface area contributed by atoms with Crippen LogP contribution >= 0.6 is 0 Å². The zero-order chi connectivity index (χ0) is 16.2. The molecule has 1 aromatic heterocycles. The summed E-state index contributed by atoms with van der Waals surface area (Å²) in [7, 11) is 3.26. The molecular formula is C17H23N3O3. The second kappa shape index (κ2) is 7.00. The molecule has 6 nitrogen and oxygen atoms in total. The molecule has 0 radical (unpaired) electrons. The summed E-state index contributed by atoms with van der Waals surface area (Å²) in [4.78, 5) is 11.2. The van der Waals surface area contributed by atoms with Gasteiger partial charge in [0.2, 0.25) is 0 Å². The smallest absolute Gasteiger partial charge is 0.162 e. The Kier molecular flexibility index (Phi) is 4.81. The molecule has 0 spiro atoms. The summed E-state index contributed by atoms with van der Waals surface area (Å²) in [5, 5.41) is 10.1. The van der Waals surface area contributed by atoms with Crippen molar-refractivity contribution in [2.24, 2.45) is 5.92 Å². The van der Waals surface area contributed by atoms with E-state index in [1.807, 2.05) is 12.1 Å². The quantitative estimate of drug-likeness (QED) is 0.912. The lowest BCUT2D eigenvalue weighted by molar-refractivity contribution is 0.240. The summed E-state index contributed by atoms with van der Waals surface area (Å²) in [5.41, 5.74) is 0.852. The molecular weight excluding hydrogens is 294 g/mol. The van der Waals surface area contributed by atoms with E-state index in [0.717, 1.165) is 49.1 Å². The van der Waals surface area contributed by atoms with Gasteiger partial charge in [0.05, 0.1) is 19.7 Å². The van der Waals surface area contributed by atoms with Crippen molar-refractivity contribution in [2.75, 3.05) is 38.8 Å². The second-order valence-corrected chi connectivity index (χ2v) is 5.86. The van der Waals surface area contributed by atoms with Gasteiger partial charge >= 0.3 is 0 Å². The molecule has 0 saturated carbocycles. The van der Waals surface area contributed by atoms with Gasteiger partial charge in [0.1, 0.15) is 12.1 Å². The Morgan fingerprint density at radius 2 is 1.83 bits per heavy atom. The molecule has 0 amide bonds. The zero-order valence-corrected chi connectivity index (χ0v) is 13.7. The normalized spacial score (nSPS) is 15.9. The van der Waals surface area contributed by atoms with Gasteiger partial charge in [0.15, 0.2) is 11.5 Å². The Labute approximate surface area is 136 Å². The van der Waals surface area contributed by atoms with Crippen LogP contribution in [0.1, 0.15) is 19.3 Å². The summed E-state index contributed by atoms with van der Waals surface area (Å²) in [6.45, 7) is 2.17. The average Bonchev–Trinajstić information content (AvgIpc) is 2.61. The van der Waals surface area contributed by atoms with Crippen molar-refractivity contribution in [1.29, 1.82) is 0 Å². The average molecular weight is 317 g/mol. The van der Waals surface area contributed by atoms with Crippen LogP contribution in [0.5, 0.6) is 11.5 Å². The van der Waals surface area contributed by atoms with Crippen LogP contribution in [0, 0.1) is 5.92 Å². The fourth-order valence-corrected chi connectivity index (χ4v) is 3.24. The summed E-state index contributed by atoms with van der Waals surface area (Å²) >= 11 is 0. The number of nitrogens with zero attached hydrogens (tertiary/aromatic N) is 3. The number of ether oxygens (including phenoxy) is 2. The van der Waals surface area contributed by atoms with E-state index in [4.69, 9.17) is 14.6 Å². The number of hydrogen-bond acceptors (Lipinski definition) is 6. The van der Waals surface area contributed by atoms with Crippen LogP contribution in [-0.4, -0.2) is 49.0 Å². The first-order valence-electron chi connectivity index (χ1n) is 7.99. The number of hydrogen-bond donors (Lipinski definition) is 1. The van der Waals surface area contributed by atoms with Gasteiger partial charge in [0, 0.05) is 31.1 Å². The molecule has 6 heteroatoms. The Bertz CT molecular complexity index is 669. The van der Waals surface area contributed by atoms with Crippen molar-refractivity contribution in [1.82, 2.24) is 9.97 Å². The zero-order valence-electron chi connectivity index (χ0n) is 13.7. The number of rotatable bonds is 5. The van der Waals surface area contributed by atoms with Gasteiger partial charge < -0.3 is 19.5 Å². The van der Waals surface area contributed by atoms with Gasteiger partial charge in [-0.25, -0.2) is 9.97 Å². The van der Waals surface area contributed by atoms with Crippen LogP contribution in [0.2, 0.25) is 0 Å². The molecule has 1 fully saturated rings. The van der Waals surface area contributed by atoms with Crippen molar-refractivity contribution in [3.8, 4) is 11.5 Å². The molecule has 0 aliphatic carbocycles. The van der Waals surface area contributed by atoms with Crippen molar-refractivity contribution in [3.63, 3.8) is 0 Å². The monoisotopic (exact) mass is 317 g/mol. The summed E-state index contributed by atoms with van der Waals surface area (Å²) < 4.78 is 10.8. The van der Waals surface area contributed by atoms with Gasteiger partial charge in [-0.3, -0.25) is 0 Å². The molecule has 1 N–H and O–H groups in total. The van der Waals surface area contributed by atoms with E-state index < -0.39 is 0 Å². The number of aliphatic hydroxyl groups excluding tert-OH is 1.